The molecule has 7 nitrogen and oxygen atoms in total. The van der Waals surface area contributed by atoms with Gasteiger partial charge in [0.2, 0.25) is 5.91 Å². The van der Waals surface area contributed by atoms with Crippen LogP contribution in [0.2, 0.25) is 0 Å². The first-order valence-corrected chi connectivity index (χ1v) is 7.35. The lowest BCUT2D eigenvalue weighted by Crippen LogP contribution is -2.28. The van der Waals surface area contributed by atoms with E-state index in [2.05, 4.69) is 20.7 Å². The third-order valence-corrected chi connectivity index (χ3v) is 3.20. The van der Waals surface area contributed by atoms with Gasteiger partial charge in [-0.05, 0) is 26.3 Å². The van der Waals surface area contributed by atoms with E-state index in [-0.39, 0.29) is 17.9 Å². The molecule has 2 amide bonds. The Balaban J connectivity index is 1.96. The zero-order chi connectivity index (χ0) is 16.1. The van der Waals surface area contributed by atoms with Gasteiger partial charge in [-0.15, -0.1) is 0 Å². The third-order valence-electron chi connectivity index (χ3n) is 3.20. The predicted octanol–water partition coefficient (Wildman–Crippen LogP) is 1.27. The van der Waals surface area contributed by atoms with Crippen molar-refractivity contribution in [1.29, 1.82) is 0 Å². The first-order valence-electron chi connectivity index (χ1n) is 7.35. The van der Waals surface area contributed by atoms with Crippen LogP contribution in [0.25, 0.3) is 11.0 Å². The number of rotatable bonds is 6. The van der Waals surface area contributed by atoms with Gasteiger partial charge >= 0.3 is 0 Å². The Hall–Kier alpha value is -2.44. The Bertz CT molecular complexity index is 678. The Morgan fingerprint density at radius 2 is 1.95 bits per heavy atom. The Labute approximate surface area is 129 Å². The number of fused-ring (bicyclic) bond motifs is 1. The minimum atomic E-state index is -0.172. The molecule has 2 rings (SSSR count). The van der Waals surface area contributed by atoms with Crippen LogP contribution in [0.15, 0.2) is 18.5 Å². The molecule has 0 aliphatic heterocycles. The maximum Gasteiger partial charge on any atom is 0.252 e. The average molecular weight is 303 g/mol. The molecule has 0 aliphatic rings. The summed E-state index contributed by atoms with van der Waals surface area (Å²) in [5.74, 6) is -0.238. The lowest BCUT2D eigenvalue weighted by molar-refractivity contribution is -0.118. The fraction of sp³-hybridized carbons (Fsp3) is 0.467. The van der Waals surface area contributed by atoms with Crippen molar-refractivity contribution in [2.24, 2.45) is 0 Å². The lowest BCUT2D eigenvalue weighted by atomic mass is 10.2. The van der Waals surface area contributed by atoms with E-state index in [9.17, 15) is 9.59 Å². The highest BCUT2D eigenvalue weighted by Gasteiger charge is 2.11. The molecule has 0 saturated heterocycles. The predicted molar refractivity (Wildman–Crippen MR) is 83.5 cm³/mol. The van der Waals surface area contributed by atoms with Gasteiger partial charge in [0.15, 0.2) is 5.65 Å². The summed E-state index contributed by atoms with van der Waals surface area (Å²) < 4.78 is 1.82. The molecule has 118 valence electrons. The average Bonchev–Trinajstić information content (AvgIpc) is 2.89. The second-order valence-corrected chi connectivity index (χ2v) is 5.41. The Kier molecular flexibility index (Phi) is 5.08. The normalized spacial score (nSPS) is 10.9. The molecule has 7 heteroatoms. The van der Waals surface area contributed by atoms with Gasteiger partial charge in [0.25, 0.3) is 5.91 Å². The van der Waals surface area contributed by atoms with E-state index in [0.29, 0.717) is 25.1 Å². The number of aromatic nitrogens is 3. The van der Waals surface area contributed by atoms with Crippen molar-refractivity contribution in [3.8, 4) is 0 Å². The summed E-state index contributed by atoms with van der Waals surface area (Å²) in [6.07, 6.45) is 3.97. The standard InChI is InChI=1S/C15H21N5O2/c1-10(2)20-14-12(9-19-20)7-13(8-18-14)15(22)17-6-4-5-16-11(3)21/h7-10H,4-6H2,1-3H3,(H,16,21)(H,17,22). The van der Waals surface area contributed by atoms with Crippen LogP contribution in [0.1, 0.15) is 43.6 Å². The summed E-state index contributed by atoms with van der Waals surface area (Å²) in [5, 5.41) is 10.6. The zero-order valence-electron chi connectivity index (χ0n) is 13.1. The van der Waals surface area contributed by atoms with Crippen molar-refractivity contribution in [3.05, 3.63) is 24.0 Å². The molecular weight excluding hydrogens is 282 g/mol. The first-order chi connectivity index (χ1) is 10.5. The number of hydrogen-bond acceptors (Lipinski definition) is 4. The molecule has 0 radical (unpaired) electrons. The number of amides is 2. The molecule has 0 saturated carbocycles. The maximum absolute atomic E-state index is 12.1. The van der Waals surface area contributed by atoms with E-state index in [4.69, 9.17) is 0 Å². The van der Waals surface area contributed by atoms with Crippen LogP contribution in [-0.4, -0.2) is 39.7 Å². The van der Waals surface area contributed by atoms with Gasteiger partial charge < -0.3 is 10.6 Å². The fourth-order valence-corrected chi connectivity index (χ4v) is 2.10. The number of pyridine rings is 1. The van der Waals surface area contributed by atoms with Gasteiger partial charge in [0.05, 0.1) is 11.8 Å². The van der Waals surface area contributed by atoms with E-state index in [1.165, 1.54) is 6.92 Å². The second-order valence-electron chi connectivity index (χ2n) is 5.41. The monoisotopic (exact) mass is 303 g/mol. The largest absolute Gasteiger partial charge is 0.356 e. The van der Waals surface area contributed by atoms with Crippen molar-refractivity contribution < 1.29 is 9.59 Å². The van der Waals surface area contributed by atoms with Gasteiger partial charge in [-0.2, -0.15) is 5.10 Å². The van der Waals surface area contributed by atoms with Gasteiger partial charge in [0.1, 0.15) is 0 Å². The van der Waals surface area contributed by atoms with Gasteiger partial charge in [0, 0.05) is 37.6 Å². The Morgan fingerprint density at radius 1 is 1.23 bits per heavy atom. The topological polar surface area (TPSA) is 88.9 Å². The highest BCUT2D eigenvalue weighted by molar-refractivity contribution is 5.96. The van der Waals surface area contributed by atoms with Crippen LogP contribution in [0, 0.1) is 0 Å². The van der Waals surface area contributed by atoms with Crippen molar-refractivity contribution >= 4 is 22.8 Å². The minimum Gasteiger partial charge on any atom is -0.356 e. The van der Waals surface area contributed by atoms with E-state index in [0.717, 1.165) is 11.0 Å². The first kappa shape index (κ1) is 15.9. The van der Waals surface area contributed by atoms with Crippen molar-refractivity contribution in [3.63, 3.8) is 0 Å². The molecule has 2 N–H and O–H groups in total. The van der Waals surface area contributed by atoms with E-state index >= 15 is 0 Å². The molecule has 0 bridgehead atoms. The molecule has 0 unspecified atom stereocenters. The summed E-state index contributed by atoms with van der Waals surface area (Å²) >= 11 is 0. The molecule has 0 atom stereocenters. The number of carbonyl (C=O) groups excluding carboxylic acids is 2. The summed E-state index contributed by atoms with van der Waals surface area (Å²) in [6.45, 7) is 6.58. The molecule has 0 aliphatic carbocycles. The summed E-state index contributed by atoms with van der Waals surface area (Å²) in [6, 6.07) is 2.01. The van der Waals surface area contributed by atoms with Gasteiger partial charge in [-0.1, -0.05) is 0 Å². The van der Waals surface area contributed by atoms with Crippen LogP contribution in [-0.2, 0) is 4.79 Å². The van der Waals surface area contributed by atoms with Crippen LogP contribution < -0.4 is 10.6 Å². The summed E-state index contributed by atoms with van der Waals surface area (Å²) in [4.78, 5) is 27.1. The van der Waals surface area contributed by atoms with Crippen molar-refractivity contribution in [2.45, 2.75) is 33.2 Å². The Morgan fingerprint density at radius 3 is 2.64 bits per heavy atom. The molecular formula is C15H21N5O2. The highest BCUT2D eigenvalue weighted by Crippen LogP contribution is 2.16. The van der Waals surface area contributed by atoms with Crippen LogP contribution in [0.3, 0.4) is 0 Å². The lowest BCUT2D eigenvalue weighted by Gasteiger charge is -2.07. The maximum atomic E-state index is 12.1. The molecule has 2 heterocycles. The molecule has 22 heavy (non-hydrogen) atoms. The fourth-order valence-electron chi connectivity index (χ4n) is 2.10. The van der Waals surface area contributed by atoms with Crippen LogP contribution in [0.4, 0.5) is 0 Å². The van der Waals surface area contributed by atoms with Crippen LogP contribution >= 0.6 is 0 Å². The van der Waals surface area contributed by atoms with Crippen LogP contribution in [0.5, 0.6) is 0 Å². The molecule has 0 aromatic carbocycles. The minimum absolute atomic E-state index is 0.0665. The number of nitrogens with zero attached hydrogens (tertiary/aromatic N) is 3. The zero-order valence-corrected chi connectivity index (χ0v) is 13.1. The van der Waals surface area contributed by atoms with E-state index < -0.39 is 0 Å². The molecule has 2 aromatic heterocycles. The molecule has 0 fully saturated rings. The number of nitrogens with one attached hydrogen (secondary N) is 2. The number of carbonyl (C=O) groups is 2. The van der Waals surface area contributed by atoms with E-state index in [1.807, 2.05) is 18.5 Å². The molecule has 0 spiro atoms. The quantitative estimate of drug-likeness (QED) is 0.786. The van der Waals surface area contributed by atoms with Crippen molar-refractivity contribution in [2.75, 3.05) is 13.1 Å². The highest BCUT2D eigenvalue weighted by atomic mass is 16.2. The van der Waals surface area contributed by atoms with Gasteiger partial charge in [-0.25, -0.2) is 9.67 Å². The third kappa shape index (κ3) is 3.81. The molecule has 2 aromatic rings. The van der Waals surface area contributed by atoms with Crippen molar-refractivity contribution in [1.82, 2.24) is 25.4 Å². The van der Waals surface area contributed by atoms with E-state index in [1.54, 1.807) is 18.5 Å². The number of hydrogen-bond donors (Lipinski definition) is 2. The van der Waals surface area contributed by atoms with Gasteiger partial charge in [-0.3, -0.25) is 9.59 Å². The SMILES string of the molecule is CC(=O)NCCCNC(=O)c1cnc2c(cnn2C(C)C)c1. The summed E-state index contributed by atoms with van der Waals surface area (Å²) in [7, 11) is 0. The summed E-state index contributed by atoms with van der Waals surface area (Å²) in [5.41, 5.74) is 1.28. The smallest absolute Gasteiger partial charge is 0.252 e. The second kappa shape index (κ2) is 7.02.